The van der Waals surface area contributed by atoms with Gasteiger partial charge in [0, 0.05) is 10.8 Å². The van der Waals surface area contributed by atoms with E-state index >= 15 is 0 Å². The van der Waals surface area contributed by atoms with Gasteiger partial charge >= 0.3 is 0 Å². The van der Waals surface area contributed by atoms with Crippen LogP contribution in [0.2, 0.25) is 0 Å². The van der Waals surface area contributed by atoms with Crippen molar-refractivity contribution in [2.45, 2.75) is 38.5 Å². The van der Waals surface area contributed by atoms with Gasteiger partial charge in [0.25, 0.3) is 0 Å². The Hall–Kier alpha value is -5.46. The largest absolute Gasteiger partial charge is 0.0610 e. The van der Waals surface area contributed by atoms with E-state index in [-0.39, 0.29) is 10.8 Å². The summed E-state index contributed by atoms with van der Waals surface area (Å²) in [5.74, 6) is 0. The highest BCUT2D eigenvalue weighted by Crippen LogP contribution is 2.60. The minimum atomic E-state index is -0.137. The molecule has 10 aromatic carbocycles. The predicted octanol–water partition coefficient (Wildman–Crippen LogP) is 13.2. The zero-order chi connectivity index (χ0) is 31.8. The van der Waals surface area contributed by atoms with Gasteiger partial charge in [-0.2, -0.15) is 0 Å². The molecule has 0 spiro atoms. The zero-order valence-corrected chi connectivity index (χ0v) is 27.5. The Morgan fingerprint density at radius 3 is 1.44 bits per heavy atom. The molecule has 224 valence electrons. The minimum absolute atomic E-state index is 0.113. The van der Waals surface area contributed by atoms with Crippen molar-refractivity contribution in [1.29, 1.82) is 0 Å². The molecule has 10 aromatic rings. The highest BCUT2D eigenvalue weighted by molar-refractivity contribution is 6.35. The molecule has 2 aliphatic rings. The quantitative estimate of drug-likeness (QED) is 0.119. The van der Waals surface area contributed by atoms with E-state index in [9.17, 15) is 0 Å². The third-order valence-electron chi connectivity index (χ3n) is 12.7. The van der Waals surface area contributed by atoms with Crippen LogP contribution in [-0.2, 0) is 10.8 Å². The third kappa shape index (κ3) is 2.72. The zero-order valence-electron chi connectivity index (χ0n) is 27.5. The lowest BCUT2D eigenvalue weighted by Gasteiger charge is -2.24. The van der Waals surface area contributed by atoms with Crippen LogP contribution in [0.3, 0.4) is 0 Å². The molecule has 0 amide bonds. The van der Waals surface area contributed by atoms with Crippen LogP contribution in [0.4, 0.5) is 0 Å². The number of rotatable bonds is 0. The number of hydrogen-bond acceptors (Lipinski definition) is 0. The van der Waals surface area contributed by atoms with Crippen molar-refractivity contribution in [2.75, 3.05) is 0 Å². The Balaban J connectivity index is 1.21. The number of benzene rings is 10. The Morgan fingerprint density at radius 1 is 0.312 bits per heavy atom. The molecule has 0 N–H and O–H groups in total. The summed E-state index contributed by atoms with van der Waals surface area (Å²) >= 11 is 0. The molecular weight excluding hydrogens is 577 g/mol. The van der Waals surface area contributed by atoms with Crippen LogP contribution >= 0.6 is 0 Å². The molecule has 0 nitrogen and oxygen atoms in total. The van der Waals surface area contributed by atoms with Crippen molar-refractivity contribution in [2.24, 2.45) is 0 Å². The monoisotopic (exact) mass is 608 g/mol. The second kappa shape index (κ2) is 7.97. The molecular formula is C48H32. The van der Waals surface area contributed by atoms with E-state index in [1.165, 1.54) is 120 Å². The highest BCUT2D eigenvalue weighted by atomic mass is 14.5. The second-order valence-electron chi connectivity index (χ2n) is 15.6. The van der Waals surface area contributed by atoms with Crippen molar-refractivity contribution >= 4 is 75.4 Å². The van der Waals surface area contributed by atoms with Gasteiger partial charge in [0.15, 0.2) is 0 Å². The summed E-state index contributed by atoms with van der Waals surface area (Å²) in [7, 11) is 0. The summed E-state index contributed by atoms with van der Waals surface area (Å²) in [4.78, 5) is 0. The van der Waals surface area contributed by atoms with Crippen LogP contribution in [0.5, 0.6) is 0 Å². The van der Waals surface area contributed by atoms with E-state index in [0.29, 0.717) is 0 Å². The smallest absolute Gasteiger partial charge is 0.0159 e. The average molecular weight is 609 g/mol. The second-order valence-corrected chi connectivity index (χ2v) is 15.6. The lowest BCUT2D eigenvalue weighted by Crippen LogP contribution is -2.17. The molecule has 0 bridgehead atoms. The SMILES string of the molecule is CC1(C)c2cc3c(cc2-c2c1cc1c4cccc5cccc(c6cccc2c61)c54)C(C)(C)c1cc2ccc4cccc5ccc(c1-3)c2c45. The fourth-order valence-electron chi connectivity index (χ4n) is 10.4. The topological polar surface area (TPSA) is 0 Å². The van der Waals surface area contributed by atoms with Gasteiger partial charge in [-0.15, -0.1) is 0 Å². The Labute approximate surface area is 278 Å². The van der Waals surface area contributed by atoms with Crippen LogP contribution < -0.4 is 0 Å². The molecule has 0 radical (unpaired) electrons. The van der Waals surface area contributed by atoms with Crippen LogP contribution in [0, 0.1) is 0 Å². The van der Waals surface area contributed by atoms with E-state index in [1.54, 1.807) is 0 Å². The van der Waals surface area contributed by atoms with E-state index in [2.05, 4.69) is 149 Å². The fraction of sp³-hybridized carbons (Fsp3) is 0.125. The lowest BCUT2D eigenvalue weighted by molar-refractivity contribution is 0.653. The summed E-state index contributed by atoms with van der Waals surface area (Å²) in [6.07, 6.45) is 0. The lowest BCUT2D eigenvalue weighted by atomic mass is 9.78. The maximum atomic E-state index is 2.60. The minimum Gasteiger partial charge on any atom is -0.0610 e. The Kier molecular flexibility index (Phi) is 4.25. The average Bonchev–Trinajstić information content (AvgIpc) is 3.47. The van der Waals surface area contributed by atoms with E-state index < -0.39 is 0 Å². The van der Waals surface area contributed by atoms with Crippen molar-refractivity contribution in [3.05, 3.63) is 144 Å². The molecule has 0 heteroatoms. The van der Waals surface area contributed by atoms with Gasteiger partial charge in [0.2, 0.25) is 0 Å². The van der Waals surface area contributed by atoms with Crippen molar-refractivity contribution < 1.29 is 0 Å². The molecule has 0 aromatic heterocycles. The molecule has 12 rings (SSSR count). The Morgan fingerprint density at radius 2 is 0.771 bits per heavy atom. The fourth-order valence-corrected chi connectivity index (χ4v) is 10.4. The van der Waals surface area contributed by atoms with Gasteiger partial charge < -0.3 is 0 Å². The van der Waals surface area contributed by atoms with Gasteiger partial charge in [0.1, 0.15) is 0 Å². The molecule has 0 atom stereocenters. The van der Waals surface area contributed by atoms with Crippen LogP contribution in [0.15, 0.2) is 121 Å². The summed E-state index contributed by atoms with van der Waals surface area (Å²) in [6, 6.07) is 47.0. The Bertz CT molecular complexity index is 3070. The summed E-state index contributed by atoms with van der Waals surface area (Å²) < 4.78 is 0. The summed E-state index contributed by atoms with van der Waals surface area (Å²) in [5.41, 5.74) is 11.2. The third-order valence-corrected chi connectivity index (χ3v) is 12.7. The van der Waals surface area contributed by atoms with Crippen molar-refractivity contribution in [3.63, 3.8) is 0 Å². The van der Waals surface area contributed by atoms with Gasteiger partial charge in [0.05, 0.1) is 0 Å². The maximum Gasteiger partial charge on any atom is 0.0159 e. The predicted molar refractivity (Wildman–Crippen MR) is 206 cm³/mol. The number of hydrogen-bond donors (Lipinski definition) is 0. The first-order chi connectivity index (χ1) is 23.3. The van der Waals surface area contributed by atoms with Gasteiger partial charge in [-0.3, -0.25) is 0 Å². The summed E-state index contributed by atoms with van der Waals surface area (Å²) in [5, 5.41) is 19.1. The van der Waals surface area contributed by atoms with Crippen LogP contribution in [-0.4, -0.2) is 0 Å². The molecule has 2 aliphatic carbocycles. The first-order valence-corrected chi connectivity index (χ1v) is 17.4. The normalized spacial score (nSPS) is 15.8. The molecule has 0 aliphatic heterocycles. The van der Waals surface area contributed by atoms with Gasteiger partial charge in [-0.1, -0.05) is 125 Å². The molecule has 0 saturated heterocycles. The first kappa shape index (κ1) is 25.6. The highest BCUT2D eigenvalue weighted by Gasteiger charge is 2.43. The van der Waals surface area contributed by atoms with Gasteiger partial charge in [-0.05, 0) is 144 Å². The van der Waals surface area contributed by atoms with Crippen LogP contribution in [0.25, 0.3) is 97.7 Å². The molecule has 0 heterocycles. The standard InChI is InChI=1S/C48H32/c1-47(2)37-23-35-38(24-36(37)46-33-20-19-27-10-5-9-26-17-18-28(21-39(46)47)43(33)41(26)27)48(3,4)40-22-34-31-14-7-12-25-11-6-13-29(42(25)31)30-15-8-16-32(44(30)34)45(35)40/h5-24H,1-4H3. The van der Waals surface area contributed by atoms with Crippen molar-refractivity contribution in [1.82, 2.24) is 0 Å². The van der Waals surface area contributed by atoms with E-state index in [1.807, 2.05) is 0 Å². The van der Waals surface area contributed by atoms with E-state index in [4.69, 9.17) is 0 Å². The molecule has 0 saturated carbocycles. The molecule has 0 unspecified atom stereocenters. The summed E-state index contributed by atoms with van der Waals surface area (Å²) in [6.45, 7) is 9.79. The molecule has 0 fully saturated rings. The first-order valence-electron chi connectivity index (χ1n) is 17.4. The maximum absolute atomic E-state index is 2.60. The molecule has 48 heavy (non-hydrogen) atoms. The number of fused-ring (bicyclic) bond motifs is 10. The van der Waals surface area contributed by atoms with E-state index in [0.717, 1.165) is 0 Å². The van der Waals surface area contributed by atoms with Crippen molar-refractivity contribution in [3.8, 4) is 22.3 Å². The van der Waals surface area contributed by atoms with Crippen LogP contribution in [0.1, 0.15) is 49.9 Å². The van der Waals surface area contributed by atoms with Gasteiger partial charge in [-0.25, -0.2) is 0 Å².